The number of rotatable bonds is 8. The fourth-order valence-corrected chi connectivity index (χ4v) is 2.83. The van der Waals surface area contributed by atoms with Gasteiger partial charge < -0.3 is 10.1 Å². The van der Waals surface area contributed by atoms with E-state index in [4.69, 9.17) is 16.3 Å². The summed E-state index contributed by atoms with van der Waals surface area (Å²) in [7, 11) is 0. The SMILES string of the molecule is CCOC(=O)CN(CC(=O)Nc1ccc(Cl)cc1C(F)(F)F)Cc1ccc(F)cc1. The van der Waals surface area contributed by atoms with Crippen LogP contribution in [-0.4, -0.2) is 36.5 Å². The second-order valence-corrected chi connectivity index (χ2v) is 6.75. The van der Waals surface area contributed by atoms with Gasteiger partial charge in [0, 0.05) is 11.6 Å². The van der Waals surface area contributed by atoms with Gasteiger partial charge in [0.05, 0.1) is 30.9 Å². The zero-order chi connectivity index (χ0) is 22.3. The molecular weight excluding hydrogens is 428 g/mol. The first-order valence-electron chi connectivity index (χ1n) is 8.87. The molecule has 0 aromatic heterocycles. The van der Waals surface area contributed by atoms with Crippen LogP contribution < -0.4 is 5.32 Å². The minimum atomic E-state index is -4.72. The highest BCUT2D eigenvalue weighted by Crippen LogP contribution is 2.36. The average molecular weight is 447 g/mol. The Bertz CT molecular complexity index is 889. The number of nitrogens with zero attached hydrogens (tertiary/aromatic N) is 1. The van der Waals surface area contributed by atoms with Crippen molar-refractivity contribution >= 4 is 29.2 Å². The lowest BCUT2D eigenvalue weighted by atomic mass is 10.1. The number of esters is 1. The molecule has 0 bridgehead atoms. The van der Waals surface area contributed by atoms with E-state index in [1.807, 2.05) is 0 Å². The Morgan fingerprint density at radius 3 is 2.37 bits per heavy atom. The van der Waals surface area contributed by atoms with E-state index in [0.29, 0.717) is 11.6 Å². The quantitative estimate of drug-likeness (QED) is 0.479. The Hall–Kier alpha value is -2.65. The zero-order valence-corrected chi connectivity index (χ0v) is 16.7. The Morgan fingerprint density at radius 2 is 1.77 bits per heavy atom. The number of carbonyl (C=O) groups is 2. The summed E-state index contributed by atoms with van der Waals surface area (Å²) in [6.07, 6.45) is -4.72. The van der Waals surface area contributed by atoms with Crippen molar-refractivity contribution in [3.05, 3.63) is 64.4 Å². The van der Waals surface area contributed by atoms with Gasteiger partial charge >= 0.3 is 12.1 Å². The zero-order valence-electron chi connectivity index (χ0n) is 15.9. The van der Waals surface area contributed by atoms with Crippen LogP contribution in [0.5, 0.6) is 0 Å². The summed E-state index contributed by atoms with van der Waals surface area (Å²) in [5, 5.41) is 2.08. The molecule has 0 radical (unpaired) electrons. The van der Waals surface area contributed by atoms with Crippen LogP contribution in [-0.2, 0) is 27.0 Å². The van der Waals surface area contributed by atoms with Gasteiger partial charge in [0.1, 0.15) is 5.82 Å². The normalized spacial score (nSPS) is 11.4. The van der Waals surface area contributed by atoms with E-state index in [1.54, 1.807) is 6.92 Å². The maximum absolute atomic E-state index is 13.2. The molecule has 162 valence electrons. The highest BCUT2D eigenvalue weighted by atomic mass is 35.5. The molecule has 2 rings (SSSR count). The smallest absolute Gasteiger partial charge is 0.418 e. The maximum atomic E-state index is 13.2. The molecule has 0 saturated carbocycles. The largest absolute Gasteiger partial charge is 0.465 e. The van der Waals surface area contributed by atoms with Gasteiger partial charge in [-0.1, -0.05) is 23.7 Å². The highest BCUT2D eigenvalue weighted by molar-refractivity contribution is 6.30. The van der Waals surface area contributed by atoms with E-state index in [9.17, 15) is 27.2 Å². The number of anilines is 1. The van der Waals surface area contributed by atoms with Crippen LogP contribution in [0.3, 0.4) is 0 Å². The van der Waals surface area contributed by atoms with Crippen molar-refractivity contribution in [3.63, 3.8) is 0 Å². The van der Waals surface area contributed by atoms with Gasteiger partial charge in [0.2, 0.25) is 5.91 Å². The number of amides is 1. The third-order valence-electron chi connectivity index (χ3n) is 3.91. The van der Waals surface area contributed by atoms with Gasteiger partial charge in [-0.15, -0.1) is 0 Å². The molecule has 10 heteroatoms. The molecular formula is C20H19ClF4N2O3. The summed E-state index contributed by atoms with van der Waals surface area (Å²) in [5.41, 5.74) is -0.926. The standard InChI is InChI=1S/C20H19ClF4N2O3/c1-2-30-19(29)12-27(10-13-3-6-15(22)7-4-13)11-18(28)26-17-8-5-14(21)9-16(17)20(23,24)25/h3-9H,2,10-12H2,1H3,(H,26,28). The van der Waals surface area contributed by atoms with Gasteiger partial charge in [0.15, 0.2) is 0 Å². The van der Waals surface area contributed by atoms with Crippen molar-refractivity contribution in [1.29, 1.82) is 0 Å². The molecule has 0 heterocycles. The summed E-state index contributed by atoms with van der Waals surface area (Å²) >= 11 is 5.63. The van der Waals surface area contributed by atoms with Crippen LogP contribution in [0.25, 0.3) is 0 Å². The number of nitrogens with one attached hydrogen (secondary N) is 1. The number of benzene rings is 2. The Morgan fingerprint density at radius 1 is 1.10 bits per heavy atom. The molecule has 2 aromatic rings. The molecule has 5 nitrogen and oxygen atoms in total. The second kappa shape index (κ2) is 10.4. The number of halogens is 5. The van der Waals surface area contributed by atoms with Crippen LogP contribution >= 0.6 is 11.6 Å². The van der Waals surface area contributed by atoms with E-state index >= 15 is 0 Å². The first-order valence-corrected chi connectivity index (χ1v) is 9.25. The topological polar surface area (TPSA) is 58.6 Å². The fraction of sp³-hybridized carbons (Fsp3) is 0.300. The van der Waals surface area contributed by atoms with Gasteiger partial charge in [-0.2, -0.15) is 13.2 Å². The van der Waals surface area contributed by atoms with E-state index in [0.717, 1.165) is 6.07 Å². The van der Waals surface area contributed by atoms with Gasteiger partial charge in [-0.05, 0) is 42.8 Å². The lowest BCUT2D eigenvalue weighted by Crippen LogP contribution is -2.37. The van der Waals surface area contributed by atoms with Crippen LogP contribution in [0.2, 0.25) is 5.02 Å². The summed E-state index contributed by atoms with van der Waals surface area (Å²) in [6.45, 7) is 1.17. The summed E-state index contributed by atoms with van der Waals surface area (Å²) in [6, 6.07) is 8.40. The molecule has 0 aliphatic heterocycles. The predicted octanol–water partition coefficient (Wildman–Crippen LogP) is 4.50. The molecule has 0 unspecified atom stereocenters. The van der Waals surface area contributed by atoms with E-state index in [2.05, 4.69) is 5.32 Å². The number of hydrogen-bond donors (Lipinski definition) is 1. The van der Waals surface area contributed by atoms with Gasteiger partial charge in [0.25, 0.3) is 0 Å². The minimum Gasteiger partial charge on any atom is -0.465 e. The number of alkyl halides is 3. The molecule has 1 N–H and O–H groups in total. The Kier molecular flexibility index (Phi) is 8.19. The number of carbonyl (C=O) groups excluding carboxylic acids is 2. The third-order valence-corrected chi connectivity index (χ3v) is 4.14. The molecule has 1 amide bonds. The summed E-state index contributed by atoms with van der Waals surface area (Å²) in [4.78, 5) is 25.6. The van der Waals surface area contributed by atoms with Gasteiger partial charge in [-0.25, -0.2) is 4.39 Å². The molecule has 0 aliphatic rings. The highest BCUT2D eigenvalue weighted by Gasteiger charge is 2.34. The molecule has 0 saturated heterocycles. The van der Waals surface area contributed by atoms with Gasteiger partial charge in [-0.3, -0.25) is 14.5 Å². The van der Waals surface area contributed by atoms with Crippen LogP contribution in [0.15, 0.2) is 42.5 Å². The van der Waals surface area contributed by atoms with E-state index in [-0.39, 0.29) is 24.7 Å². The lowest BCUT2D eigenvalue weighted by Gasteiger charge is -2.21. The van der Waals surface area contributed by atoms with Crippen molar-refractivity contribution < 1.29 is 31.9 Å². The van der Waals surface area contributed by atoms with Crippen molar-refractivity contribution in [2.75, 3.05) is 25.0 Å². The van der Waals surface area contributed by atoms with E-state index in [1.165, 1.54) is 35.2 Å². The van der Waals surface area contributed by atoms with Crippen LogP contribution in [0.1, 0.15) is 18.1 Å². The average Bonchev–Trinajstić information content (AvgIpc) is 2.64. The first-order chi connectivity index (χ1) is 14.1. The van der Waals surface area contributed by atoms with Crippen LogP contribution in [0.4, 0.5) is 23.2 Å². The first kappa shape index (κ1) is 23.6. The van der Waals surface area contributed by atoms with Crippen molar-refractivity contribution in [1.82, 2.24) is 4.90 Å². The van der Waals surface area contributed by atoms with E-state index < -0.39 is 41.7 Å². The Labute approximate surface area is 175 Å². The lowest BCUT2D eigenvalue weighted by molar-refractivity contribution is -0.144. The molecule has 0 spiro atoms. The summed E-state index contributed by atoms with van der Waals surface area (Å²) in [5.74, 6) is -1.82. The molecule has 0 atom stereocenters. The summed E-state index contributed by atoms with van der Waals surface area (Å²) < 4.78 is 57.6. The predicted molar refractivity (Wildman–Crippen MR) is 103 cm³/mol. The van der Waals surface area contributed by atoms with Crippen molar-refractivity contribution in [2.45, 2.75) is 19.6 Å². The fourth-order valence-electron chi connectivity index (χ4n) is 2.66. The third kappa shape index (κ3) is 7.31. The second-order valence-electron chi connectivity index (χ2n) is 6.31. The molecule has 30 heavy (non-hydrogen) atoms. The molecule has 0 aliphatic carbocycles. The minimum absolute atomic E-state index is 0.0826. The van der Waals surface area contributed by atoms with Crippen LogP contribution in [0, 0.1) is 5.82 Å². The monoisotopic (exact) mass is 446 g/mol. The maximum Gasteiger partial charge on any atom is 0.418 e. The number of ether oxygens (including phenoxy) is 1. The van der Waals surface area contributed by atoms with Crippen molar-refractivity contribution in [2.24, 2.45) is 0 Å². The molecule has 0 fully saturated rings. The number of hydrogen-bond acceptors (Lipinski definition) is 4. The molecule has 2 aromatic carbocycles. The van der Waals surface area contributed by atoms with Crippen molar-refractivity contribution in [3.8, 4) is 0 Å². The Balaban J connectivity index is 2.15.